The summed E-state index contributed by atoms with van der Waals surface area (Å²) < 4.78 is 0. The van der Waals surface area contributed by atoms with E-state index in [1.807, 2.05) is 42.5 Å². The normalized spacial score (nSPS) is 10.3. The minimum absolute atomic E-state index is 0.0588. The summed E-state index contributed by atoms with van der Waals surface area (Å²) in [6.45, 7) is 7.04. The van der Waals surface area contributed by atoms with Crippen molar-refractivity contribution in [2.45, 2.75) is 20.4 Å². The summed E-state index contributed by atoms with van der Waals surface area (Å²) in [6, 6.07) is 13.7. The van der Waals surface area contributed by atoms with E-state index in [1.165, 1.54) is 5.69 Å². The lowest BCUT2D eigenvalue weighted by atomic mass is 10.2. The van der Waals surface area contributed by atoms with Crippen molar-refractivity contribution in [1.29, 1.82) is 0 Å². The summed E-state index contributed by atoms with van der Waals surface area (Å²) in [5, 5.41) is 5.98. The highest BCUT2D eigenvalue weighted by molar-refractivity contribution is 5.92. The summed E-state index contributed by atoms with van der Waals surface area (Å²) in [5.74, 6) is -0.0588. The summed E-state index contributed by atoms with van der Waals surface area (Å²) in [6.07, 6.45) is 1.74. The Bertz CT molecular complexity index is 594. The predicted octanol–water partition coefficient (Wildman–Crippen LogP) is 2.66. The van der Waals surface area contributed by atoms with Crippen molar-refractivity contribution in [1.82, 2.24) is 10.3 Å². The molecular formula is C18H24N4O. The number of nitrogens with one attached hydrogen (secondary N) is 2. The van der Waals surface area contributed by atoms with Gasteiger partial charge in [-0.15, -0.1) is 0 Å². The Kier molecular flexibility index (Phi) is 6.56. The van der Waals surface area contributed by atoms with Crippen LogP contribution >= 0.6 is 0 Å². The van der Waals surface area contributed by atoms with Gasteiger partial charge in [-0.25, -0.2) is 0 Å². The second-order valence-electron chi connectivity index (χ2n) is 5.19. The van der Waals surface area contributed by atoms with Gasteiger partial charge in [0.2, 0.25) is 5.91 Å². The van der Waals surface area contributed by atoms with Crippen LogP contribution in [0.15, 0.2) is 48.7 Å². The first-order valence-corrected chi connectivity index (χ1v) is 7.98. The first kappa shape index (κ1) is 17.0. The molecule has 0 spiro atoms. The molecule has 5 nitrogen and oxygen atoms in total. The molecule has 2 N–H and O–H groups in total. The van der Waals surface area contributed by atoms with Gasteiger partial charge in [-0.05, 0) is 50.2 Å². The highest BCUT2D eigenvalue weighted by Crippen LogP contribution is 2.17. The number of carbonyl (C=O) groups excluding carboxylic acids is 1. The van der Waals surface area contributed by atoms with Crippen LogP contribution in [0.5, 0.6) is 0 Å². The quantitative estimate of drug-likeness (QED) is 0.787. The molecule has 1 heterocycles. The molecule has 2 aromatic rings. The first-order valence-electron chi connectivity index (χ1n) is 7.98. The van der Waals surface area contributed by atoms with Crippen LogP contribution in [-0.2, 0) is 11.3 Å². The molecule has 0 saturated heterocycles. The molecule has 1 aromatic carbocycles. The van der Waals surface area contributed by atoms with E-state index in [9.17, 15) is 4.79 Å². The Labute approximate surface area is 137 Å². The number of pyridine rings is 1. The minimum atomic E-state index is -0.0588. The molecule has 1 amide bonds. The molecule has 122 valence electrons. The molecule has 0 aliphatic rings. The van der Waals surface area contributed by atoms with Gasteiger partial charge in [0.05, 0.1) is 12.2 Å². The fourth-order valence-corrected chi connectivity index (χ4v) is 2.36. The van der Waals surface area contributed by atoms with Crippen molar-refractivity contribution in [2.75, 3.05) is 29.9 Å². The number of amides is 1. The maximum atomic E-state index is 11.9. The molecule has 0 bridgehead atoms. The van der Waals surface area contributed by atoms with Crippen molar-refractivity contribution in [3.8, 4) is 0 Å². The van der Waals surface area contributed by atoms with E-state index >= 15 is 0 Å². The van der Waals surface area contributed by atoms with E-state index in [0.29, 0.717) is 6.54 Å². The van der Waals surface area contributed by atoms with Gasteiger partial charge in [-0.3, -0.25) is 9.78 Å². The first-order chi connectivity index (χ1) is 11.2. The standard InChI is InChI=1S/C18H24N4O/c1-3-22(4-2)17-10-8-15(9-11-17)21-18(23)14-19-13-16-7-5-6-12-20-16/h5-12,19H,3-4,13-14H2,1-2H3,(H,21,23). The molecule has 0 atom stereocenters. The molecule has 0 radical (unpaired) electrons. The number of hydrogen-bond acceptors (Lipinski definition) is 4. The Hall–Kier alpha value is -2.40. The Morgan fingerprint density at radius 3 is 2.43 bits per heavy atom. The molecule has 1 aromatic heterocycles. The summed E-state index contributed by atoms with van der Waals surface area (Å²) in [4.78, 5) is 18.4. The van der Waals surface area contributed by atoms with Crippen LogP contribution < -0.4 is 15.5 Å². The molecule has 23 heavy (non-hydrogen) atoms. The maximum Gasteiger partial charge on any atom is 0.238 e. The zero-order chi connectivity index (χ0) is 16.5. The highest BCUT2D eigenvalue weighted by atomic mass is 16.1. The van der Waals surface area contributed by atoms with Gasteiger partial charge in [-0.2, -0.15) is 0 Å². The van der Waals surface area contributed by atoms with Gasteiger partial charge >= 0.3 is 0 Å². The summed E-state index contributed by atoms with van der Waals surface area (Å²) >= 11 is 0. The van der Waals surface area contributed by atoms with Gasteiger partial charge in [0, 0.05) is 37.2 Å². The lowest BCUT2D eigenvalue weighted by Gasteiger charge is -2.21. The van der Waals surface area contributed by atoms with Crippen molar-refractivity contribution in [3.05, 3.63) is 54.4 Å². The van der Waals surface area contributed by atoms with E-state index in [1.54, 1.807) is 6.20 Å². The van der Waals surface area contributed by atoms with Crippen LogP contribution in [0.1, 0.15) is 19.5 Å². The third kappa shape index (κ3) is 5.38. The number of hydrogen-bond donors (Lipinski definition) is 2. The van der Waals surface area contributed by atoms with Gasteiger partial charge in [0.25, 0.3) is 0 Å². The molecule has 0 aliphatic heterocycles. The Balaban J connectivity index is 1.78. The molecule has 0 aliphatic carbocycles. The minimum Gasteiger partial charge on any atom is -0.372 e. The second kappa shape index (κ2) is 8.90. The zero-order valence-corrected chi connectivity index (χ0v) is 13.7. The van der Waals surface area contributed by atoms with Crippen molar-refractivity contribution < 1.29 is 4.79 Å². The van der Waals surface area contributed by atoms with Crippen LogP contribution in [-0.4, -0.2) is 30.5 Å². The topological polar surface area (TPSA) is 57.3 Å². The lowest BCUT2D eigenvalue weighted by Crippen LogP contribution is -2.28. The average molecular weight is 312 g/mol. The number of carbonyl (C=O) groups is 1. The fourth-order valence-electron chi connectivity index (χ4n) is 2.36. The predicted molar refractivity (Wildman–Crippen MR) is 94.6 cm³/mol. The maximum absolute atomic E-state index is 11.9. The number of aromatic nitrogens is 1. The number of anilines is 2. The van der Waals surface area contributed by atoms with E-state index in [2.05, 4.69) is 34.4 Å². The van der Waals surface area contributed by atoms with Gasteiger partial charge in [0.1, 0.15) is 0 Å². The van der Waals surface area contributed by atoms with E-state index in [0.717, 1.165) is 24.5 Å². The monoisotopic (exact) mass is 312 g/mol. The van der Waals surface area contributed by atoms with Crippen LogP contribution in [0.3, 0.4) is 0 Å². The van der Waals surface area contributed by atoms with Crippen LogP contribution in [0, 0.1) is 0 Å². The fraction of sp³-hybridized carbons (Fsp3) is 0.333. The number of benzene rings is 1. The Morgan fingerprint density at radius 2 is 1.83 bits per heavy atom. The van der Waals surface area contributed by atoms with Crippen LogP contribution in [0.25, 0.3) is 0 Å². The molecule has 0 saturated carbocycles. The van der Waals surface area contributed by atoms with Crippen LogP contribution in [0.2, 0.25) is 0 Å². The zero-order valence-electron chi connectivity index (χ0n) is 13.7. The number of rotatable bonds is 8. The molecule has 5 heteroatoms. The molecule has 2 rings (SSSR count). The van der Waals surface area contributed by atoms with Crippen LogP contribution in [0.4, 0.5) is 11.4 Å². The smallest absolute Gasteiger partial charge is 0.238 e. The second-order valence-corrected chi connectivity index (χ2v) is 5.19. The van der Waals surface area contributed by atoms with Gasteiger partial charge in [-0.1, -0.05) is 6.07 Å². The van der Waals surface area contributed by atoms with Crippen molar-refractivity contribution in [3.63, 3.8) is 0 Å². The third-order valence-electron chi connectivity index (χ3n) is 3.60. The average Bonchev–Trinajstić information content (AvgIpc) is 2.58. The van der Waals surface area contributed by atoms with E-state index in [-0.39, 0.29) is 12.5 Å². The summed E-state index contributed by atoms with van der Waals surface area (Å²) in [7, 11) is 0. The van der Waals surface area contributed by atoms with Gasteiger partial charge in [0.15, 0.2) is 0 Å². The van der Waals surface area contributed by atoms with Gasteiger partial charge < -0.3 is 15.5 Å². The largest absolute Gasteiger partial charge is 0.372 e. The van der Waals surface area contributed by atoms with Crippen molar-refractivity contribution >= 4 is 17.3 Å². The third-order valence-corrected chi connectivity index (χ3v) is 3.60. The molecule has 0 fully saturated rings. The summed E-state index contributed by atoms with van der Waals surface area (Å²) in [5.41, 5.74) is 2.90. The molecular weight excluding hydrogens is 288 g/mol. The Morgan fingerprint density at radius 1 is 1.09 bits per heavy atom. The van der Waals surface area contributed by atoms with E-state index < -0.39 is 0 Å². The SMILES string of the molecule is CCN(CC)c1ccc(NC(=O)CNCc2ccccn2)cc1. The lowest BCUT2D eigenvalue weighted by molar-refractivity contribution is -0.115. The number of nitrogens with zero attached hydrogens (tertiary/aromatic N) is 2. The molecule has 0 unspecified atom stereocenters. The van der Waals surface area contributed by atoms with E-state index in [4.69, 9.17) is 0 Å². The van der Waals surface area contributed by atoms with Crippen molar-refractivity contribution in [2.24, 2.45) is 0 Å². The highest BCUT2D eigenvalue weighted by Gasteiger charge is 2.04.